The van der Waals surface area contributed by atoms with Crippen molar-refractivity contribution < 1.29 is 4.79 Å². The van der Waals surface area contributed by atoms with Gasteiger partial charge < -0.3 is 10.6 Å². The number of amides is 1. The van der Waals surface area contributed by atoms with Crippen molar-refractivity contribution in [1.29, 1.82) is 0 Å². The van der Waals surface area contributed by atoms with Crippen LogP contribution in [-0.2, 0) is 4.79 Å². The highest BCUT2D eigenvalue weighted by atomic mass is 35.5. The quantitative estimate of drug-likeness (QED) is 0.852. The Bertz CT molecular complexity index is 331. The van der Waals surface area contributed by atoms with Crippen LogP contribution < -0.4 is 5.73 Å². The van der Waals surface area contributed by atoms with Gasteiger partial charge in [-0.15, -0.1) is 24.8 Å². The molecule has 2 saturated carbocycles. The molecule has 3 rings (SSSR count). The van der Waals surface area contributed by atoms with Crippen LogP contribution in [0.5, 0.6) is 0 Å². The van der Waals surface area contributed by atoms with E-state index >= 15 is 0 Å². The van der Waals surface area contributed by atoms with Crippen LogP contribution in [0.4, 0.5) is 0 Å². The standard InChI is InChI=1S/C15H27N3O.2ClH/c16-14-3-1-2-13(14)10-15(19)18-8-6-17(7-9-18)11-12-4-5-12;;/h12-14H,1-11,16H2;2*1H/t13-,14+;;/m0../s1. The average Bonchev–Trinajstić information content (AvgIpc) is 3.14. The summed E-state index contributed by atoms with van der Waals surface area (Å²) in [6.07, 6.45) is 6.97. The summed E-state index contributed by atoms with van der Waals surface area (Å²) in [7, 11) is 0. The SMILES string of the molecule is Cl.Cl.N[C@@H]1CCC[C@H]1CC(=O)N1CCN(CC2CC2)CC1. The third-order valence-electron chi connectivity index (χ3n) is 5.09. The molecule has 2 atom stereocenters. The largest absolute Gasteiger partial charge is 0.340 e. The van der Waals surface area contributed by atoms with Crippen LogP contribution in [0, 0.1) is 11.8 Å². The zero-order valence-corrected chi connectivity index (χ0v) is 14.3. The molecule has 0 aromatic heterocycles. The van der Waals surface area contributed by atoms with Crippen molar-refractivity contribution in [2.45, 2.75) is 44.6 Å². The molecule has 3 aliphatic rings. The van der Waals surface area contributed by atoms with Crippen LogP contribution in [0.1, 0.15) is 38.5 Å². The predicted molar refractivity (Wildman–Crippen MR) is 90.2 cm³/mol. The lowest BCUT2D eigenvalue weighted by Crippen LogP contribution is -2.49. The summed E-state index contributed by atoms with van der Waals surface area (Å²) >= 11 is 0. The topological polar surface area (TPSA) is 49.6 Å². The molecule has 1 amide bonds. The Balaban J connectivity index is 0.00000110. The fourth-order valence-electron chi connectivity index (χ4n) is 3.52. The second-order valence-electron chi connectivity index (χ2n) is 6.68. The normalized spacial score (nSPS) is 29.7. The highest BCUT2D eigenvalue weighted by Gasteiger charge is 2.30. The fourth-order valence-corrected chi connectivity index (χ4v) is 3.52. The van der Waals surface area contributed by atoms with Crippen molar-refractivity contribution in [2.24, 2.45) is 17.6 Å². The molecule has 0 spiro atoms. The Hall–Kier alpha value is -0.0300. The zero-order valence-electron chi connectivity index (χ0n) is 12.7. The van der Waals surface area contributed by atoms with E-state index < -0.39 is 0 Å². The van der Waals surface area contributed by atoms with Crippen molar-refractivity contribution >= 4 is 30.7 Å². The third kappa shape index (κ3) is 5.27. The van der Waals surface area contributed by atoms with Gasteiger partial charge in [-0.2, -0.15) is 0 Å². The van der Waals surface area contributed by atoms with Crippen LogP contribution in [0.15, 0.2) is 0 Å². The maximum absolute atomic E-state index is 12.3. The van der Waals surface area contributed by atoms with Crippen molar-refractivity contribution in [3.05, 3.63) is 0 Å². The van der Waals surface area contributed by atoms with E-state index in [1.165, 1.54) is 25.8 Å². The van der Waals surface area contributed by atoms with Crippen molar-refractivity contribution in [3.63, 3.8) is 0 Å². The van der Waals surface area contributed by atoms with Gasteiger partial charge in [0.05, 0.1) is 0 Å². The Labute approximate surface area is 140 Å². The van der Waals surface area contributed by atoms with E-state index in [4.69, 9.17) is 5.73 Å². The second-order valence-corrected chi connectivity index (χ2v) is 6.68. The van der Waals surface area contributed by atoms with Crippen LogP contribution in [0.3, 0.4) is 0 Å². The lowest BCUT2D eigenvalue weighted by Gasteiger charge is -2.35. The Morgan fingerprint density at radius 1 is 1.00 bits per heavy atom. The maximum Gasteiger partial charge on any atom is 0.222 e. The molecule has 0 radical (unpaired) electrons. The van der Waals surface area contributed by atoms with E-state index in [9.17, 15) is 4.79 Å². The van der Waals surface area contributed by atoms with E-state index in [-0.39, 0.29) is 30.9 Å². The smallest absolute Gasteiger partial charge is 0.222 e. The molecule has 4 nitrogen and oxygen atoms in total. The third-order valence-corrected chi connectivity index (χ3v) is 5.09. The first kappa shape index (κ1) is 19.0. The van der Waals surface area contributed by atoms with Crippen LogP contribution in [0.25, 0.3) is 0 Å². The number of nitrogens with two attached hydrogens (primary N) is 1. The van der Waals surface area contributed by atoms with Gasteiger partial charge in [0.15, 0.2) is 0 Å². The lowest BCUT2D eigenvalue weighted by atomic mass is 9.99. The molecule has 0 bridgehead atoms. The first-order valence-corrected chi connectivity index (χ1v) is 7.98. The summed E-state index contributed by atoms with van der Waals surface area (Å²) < 4.78 is 0. The first-order valence-electron chi connectivity index (χ1n) is 7.98. The molecule has 1 aliphatic heterocycles. The van der Waals surface area contributed by atoms with E-state index in [2.05, 4.69) is 9.80 Å². The molecular formula is C15H29Cl2N3O. The maximum atomic E-state index is 12.3. The van der Waals surface area contributed by atoms with Crippen LogP contribution >= 0.6 is 24.8 Å². The van der Waals surface area contributed by atoms with Gasteiger partial charge in [-0.1, -0.05) is 6.42 Å². The molecule has 2 aliphatic carbocycles. The molecule has 1 heterocycles. The van der Waals surface area contributed by atoms with Gasteiger partial charge >= 0.3 is 0 Å². The zero-order chi connectivity index (χ0) is 13.2. The summed E-state index contributed by atoms with van der Waals surface area (Å²) in [5.41, 5.74) is 6.06. The monoisotopic (exact) mass is 337 g/mol. The van der Waals surface area contributed by atoms with E-state index in [0.29, 0.717) is 18.2 Å². The van der Waals surface area contributed by atoms with Gasteiger partial charge in [0.1, 0.15) is 0 Å². The first-order chi connectivity index (χ1) is 9.22. The van der Waals surface area contributed by atoms with Crippen molar-refractivity contribution in [3.8, 4) is 0 Å². The van der Waals surface area contributed by atoms with Crippen molar-refractivity contribution in [2.75, 3.05) is 32.7 Å². The fraction of sp³-hybridized carbons (Fsp3) is 0.933. The molecule has 6 heteroatoms. The Morgan fingerprint density at radius 3 is 2.19 bits per heavy atom. The second kappa shape index (κ2) is 8.56. The molecular weight excluding hydrogens is 309 g/mol. The number of piperazine rings is 1. The number of rotatable bonds is 4. The molecule has 0 aromatic rings. The Morgan fingerprint density at radius 2 is 1.67 bits per heavy atom. The number of carbonyl (C=O) groups is 1. The summed E-state index contributed by atoms with van der Waals surface area (Å²) in [6.45, 7) is 5.24. The summed E-state index contributed by atoms with van der Waals surface area (Å²) in [5.74, 6) is 1.74. The average molecular weight is 338 g/mol. The van der Waals surface area contributed by atoms with Gasteiger partial charge in [-0.25, -0.2) is 0 Å². The van der Waals surface area contributed by atoms with Crippen LogP contribution in [0.2, 0.25) is 0 Å². The van der Waals surface area contributed by atoms with E-state index in [1.54, 1.807) is 0 Å². The Kier molecular flexibility index (Phi) is 7.75. The molecule has 21 heavy (non-hydrogen) atoms. The highest BCUT2D eigenvalue weighted by Crippen LogP contribution is 2.30. The van der Waals surface area contributed by atoms with Gasteiger partial charge in [-0.3, -0.25) is 9.69 Å². The summed E-state index contributed by atoms with van der Waals surface area (Å²) in [6, 6.07) is 0.264. The number of nitrogens with zero attached hydrogens (tertiary/aromatic N) is 2. The van der Waals surface area contributed by atoms with Gasteiger partial charge in [0.25, 0.3) is 0 Å². The molecule has 0 aromatic carbocycles. The van der Waals surface area contributed by atoms with Crippen LogP contribution in [-0.4, -0.2) is 54.5 Å². The van der Waals surface area contributed by atoms with Gasteiger partial charge in [0.2, 0.25) is 5.91 Å². The number of hydrogen-bond donors (Lipinski definition) is 1. The molecule has 0 unspecified atom stereocenters. The lowest BCUT2D eigenvalue weighted by molar-refractivity contribution is -0.134. The van der Waals surface area contributed by atoms with Gasteiger partial charge in [-0.05, 0) is 37.5 Å². The minimum atomic E-state index is 0. The molecule has 124 valence electrons. The molecule has 2 N–H and O–H groups in total. The number of carbonyl (C=O) groups excluding carboxylic acids is 1. The minimum Gasteiger partial charge on any atom is -0.340 e. The number of halogens is 2. The van der Waals surface area contributed by atoms with Gasteiger partial charge in [0, 0.05) is 45.2 Å². The minimum absolute atomic E-state index is 0. The highest BCUT2D eigenvalue weighted by molar-refractivity contribution is 5.85. The molecule has 1 saturated heterocycles. The molecule has 3 fully saturated rings. The van der Waals surface area contributed by atoms with E-state index in [0.717, 1.165) is 44.9 Å². The summed E-state index contributed by atoms with van der Waals surface area (Å²) in [5, 5.41) is 0. The number of hydrogen-bond acceptors (Lipinski definition) is 3. The van der Waals surface area contributed by atoms with Crippen molar-refractivity contribution in [1.82, 2.24) is 9.80 Å². The predicted octanol–water partition coefficient (Wildman–Crippen LogP) is 1.90. The van der Waals surface area contributed by atoms with E-state index in [1.807, 2.05) is 0 Å². The summed E-state index contributed by atoms with van der Waals surface area (Å²) in [4.78, 5) is 16.9.